The number of benzene rings is 1. The molecule has 1 nitrogen and oxygen atoms in total. The largest absolute Gasteiger partial charge is 0.307 e. The molecule has 0 spiro atoms. The number of nitrogens with one attached hydrogen (secondary N) is 1. The van der Waals surface area contributed by atoms with E-state index in [9.17, 15) is 8.78 Å². The molecule has 1 aromatic carbocycles. The molecule has 1 heterocycles. The third-order valence-corrected chi connectivity index (χ3v) is 4.22. The van der Waals surface area contributed by atoms with Crippen LogP contribution in [0.15, 0.2) is 12.1 Å². The van der Waals surface area contributed by atoms with E-state index < -0.39 is 11.6 Å². The fraction of sp³-hybridized carbons (Fsp3) is 0.571. The zero-order valence-corrected chi connectivity index (χ0v) is 10.0. The molecular weight excluding hydrogens is 220 g/mol. The quantitative estimate of drug-likeness (QED) is 0.832. The van der Waals surface area contributed by atoms with Crippen LogP contribution >= 0.6 is 0 Å². The van der Waals surface area contributed by atoms with Crippen LogP contribution in [0.1, 0.15) is 36.8 Å². The summed E-state index contributed by atoms with van der Waals surface area (Å²) in [5, 5.41) is 3.43. The van der Waals surface area contributed by atoms with Gasteiger partial charge >= 0.3 is 0 Å². The number of hydrogen-bond donors (Lipinski definition) is 1. The van der Waals surface area contributed by atoms with E-state index in [1.165, 1.54) is 0 Å². The topological polar surface area (TPSA) is 12.0 Å². The lowest BCUT2D eigenvalue weighted by Crippen LogP contribution is -2.40. The minimum absolute atomic E-state index is 0.293. The summed E-state index contributed by atoms with van der Waals surface area (Å²) in [5.74, 6) is -0.843. The summed E-state index contributed by atoms with van der Waals surface area (Å²) in [7, 11) is 0. The Morgan fingerprint density at radius 1 is 1.24 bits per heavy atom. The Morgan fingerprint density at radius 2 is 2.00 bits per heavy atom. The molecule has 1 aliphatic heterocycles. The summed E-state index contributed by atoms with van der Waals surface area (Å²) < 4.78 is 27.8. The molecular formula is C14H17F2N. The normalized spacial score (nSPS) is 28.6. The van der Waals surface area contributed by atoms with Crippen LogP contribution in [0.3, 0.4) is 0 Å². The fourth-order valence-corrected chi connectivity index (χ4v) is 3.13. The van der Waals surface area contributed by atoms with Gasteiger partial charge in [0.15, 0.2) is 11.6 Å². The first-order valence-corrected chi connectivity index (χ1v) is 6.35. The Morgan fingerprint density at radius 3 is 2.59 bits per heavy atom. The van der Waals surface area contributed by atoms with Gasteiger partial charge in [-0.25, -0.2) is 8.78 Å². The lowest BCUT2D eigenvalue weighted by molar-refractivity contribution is 0.316. The van der Waals surface area contributed by atoms with Crippen LogP contribution in [0, 0.1) is 24.5 Å². The van der Waals surface area contributed by atoms with Crippen molar-refractivity contribution in [1.29, 1.82) is 0 Å². The van der Waals surface area contributed by atoms with Gasteiger partial charge in [0.2, 0.25) is 0 Å². The van der Waals surface area contributed by atoms with Gasteiger partial charge in [0.05, 0.1) is 0 Å². The second-order valence-corrected chi connectivity index (χ2v) is 5.33. The zero-order chi connectivity index (χ0) is 12.0. The number of rotatable bonds is 2. The summed E-state index contributed by atoms with van der Waals surface area (Å²) in [6.07, 6.45) is 4.23. The molecule has 1 N–H and O–H groups in total. The smallest absolute Gasteiger partial charge is 0.164 e. The van der Waals surface area contributed by atoms with Crippen molar-refractivity contribution in [3.8, 4) is 0 Å². The highest BCUT2D eigenvalue weighted by molar-refractivity contribution is 5.34. The van der Waals surface area contributed by atoms with Crippen molar-refractivity contribution in [1.82, 2.24) is 5.32 Å². The third kappa shape index (κ3) is 1.60. The molecule has 3 heteroatoms. The van der Waals surface area contributed by atoms with E-state index in [1.54, 1.807) is 19.1 Å². The molecule has 1 atom stereocenters. The Balaban J connectivity index is 2.10. The van der Waals surface area contributed by atoms with E-state index in [0.717, 1.165) is 32.2 Å². The monoisotopic (exact) mass is 237 g/mol. The minimum atomic E-state index is -0.684. The Labute approximate surface area is 100 Å². The van der Waals surface area contributed by atoms with Gasteiger partial charge in [0, 0.05) is 11.1 Å². The maximum Gasteiger partial charge on any atom is 0.164 e. The van der Waals surface area contributed by atoms with Crippen molar-refractivity contribution in [3.63, 3.8) is 0 Å². The summed E-state index contributed by atoms with van der Waals surface area (Å²) in [5.41, 5.74) is 0.634. The van der Waals surface area contributed by atoms with E-state index >= 15 is 0 Å². The van der Waals surface area contributed by atoms with Crippen LogP contribution in [0.25, 0.3) is 0 Å². The molecule has 0 radical (unpaired) electrons. The van der Waals surface area contributed by atoms with Crippen LogP contribution in [-0.4, -0.2) is 6.54 Å². The second kappa shape index (κ2) is 3.77. The van der Waals surface area contributed by atoms with Gasteiger partial charge in [0.25, 0.3) is 0 Å². The number of aryl methyl sites for hydroxylation is 1. The van der Waals surface area contributed by atoms with Crippen LogP contribution in [-0.2, 0) is 5.54 Å². The van der Waals surface area contributed by atoms with Crippen LogP contribution in [0.4, 0.5) is 8.78 Å². The van der Waals surface area contributed by atoms with Crippen LogP contribution < -0.4 is 5.32 Å². The predicted molar refractivity (Wildman–Crippen MR) is 62.7 cm³/mol. The molecule has 2 aliphatic rings. The van der Waals surface area contributed by atoms with Crippen molar-refractivity contribution >= 4 is 0 Å². The van der Waals surface area contributed by atoms with Crippen molar-refractivity contribution < 1.29 is 8.78 Å². The van der Waals surface area contributed by atoms with Crippen LogP contribution in [0.2, 0.25) is 0 Å². The maximum absolute atomic E-state index is 14.1. The first kappa shape index (κ1) is 11.1. The van der Waals surface area contributed by atoms with Gasteiger partial charge in [-0.1, -0.05) is 12.1 Å². The first-order valence-electron chi connectivity index (χ1n) is 6.35. The maximum atomic E-state index is 14.1. The molecule has 1 aliphatic carbocycles. The highest BCUT2D eigenvalue weighted by atomic mass is 19.2. The van der Waals surface area contributed by atoms with E-state index in [0.29, 0.717) is 17.0 Å². The molecule has 0 bridgehead atoms. The van der Waals surface area contributed by atoms with Gasteiger partial charge in [-0.15, -0.1) is 0 Å². The average Bonchev–Trinajstić information content (AvgIpc) is 3.07. The second-order valence-electron chi connectivity index (χ2n) is 5.33. The van der Waals surface area contributed by atoms with Gasteiger partial charge in [0.1, 0.15) is 0 Å². The van der Waals surface area contributed by atoms with E-state index in [-0.39, 0.29) is 5.54 Å². The zero-order valence-electron chi connectivity index (χ0n) is 10.0. The van der Waals surface area contributed by atoms with Crippen molar-refractivity contribution in [2.75, 3.05) is 6.54 Å². The highest BCUT2D eigenvalue weighted by Gasteiger charge is 2.49. The predicted octanol–water partition coefficient (Wildman–Crippen LogP) is 3.26. The molecule has 1 saturated heterocycles. The number of halogens is 2. The van der Waals surface area contributed by atoms with Crippen molar-refractivity contribution in [2.24, 2.45) is 5.92 Å². The Hall–Kier alpha value is -0.960. The van der Waals surface area contributed by atoms with Gasteiger partial charge in [-0.2, -0.15) is 0 Å². The first-order chi connectivity index (χ1) is 8.15. The van der Waals surface area contributed by atoms with E-state index in [2.05, 4.69) is 5.32 Å². The molecule has 3 rings (SSSR count). The molecule has 0 aromatic heterocycles. The number of hydrogen-bond acceptors (Lipinski definition) is 1. The highest BCUT2D eigenvalue weighted by Crippen LogP contribution is 2.51. The van der Waals surface area contributed by atoms with Crippen LogP contribution in [0.5, 0.6) is 0 Å². The summed E-state index contributed by atoms with van der Waals surface area (Å²) in [4.78, 5) is 0. The molecule has 2 fully saturated rings. The SMILES string of the molecule is Cc1ccc(C2(C3CC3)CCCN2)c(F)c1F. The standard InChI is InChI=1S/C14H17F2N/c1-9-3-6-11(13(16)12(9)15)14(10-4-5-10)7-2-8-17-14/h3,6,10,17H,2,4-5,7-8H2,1H3. The summed E-state index contributed by atoms with van der Waals surface area (Å²) in [6.45, 7) is 2.51. The van der Waals surface area contributed by atoms with Gasteiger partial charge in [-0.05, 0) is 50.6 Å². The summed E-state index contributed by atoms with van der Waals surface area (Å²) in [6, 6.07) is 3.46. The molecule has 0 amide bonds. The minimum Gasteiger partial charge on any atom is -0.307 e. The Kier molecular flexibility index (Phi) is 2.47. The molecule has 92 valence electrons. The molecule has 1 unspecified atom stereocenters. The molecule has 1 saturated carbocycles. The molecule has 1 aromatic rings. The fourth-order valence-electron chi connectivity index (χ4n) is 3.13. The van der Waals surface area contributed by atoms with E-state index in [4.69, 9.17) is 0 Å². The van der Waals surface area contributed by atoms with Gasteiger partial charge < -0.3 is 5.32 Å². The van der Waals surface area contributed by atoms with Crippen molar-refractivity contribution in [2.45, 2.75) is 38.1 Å². The van der Waals surface area contributed by atoms with Crippen molar-refractivity contribution in [3.05, 3.63) is 34.9 Å². The lowest BCUT2D eigenvalue weighted by Gasteiger charge is -2.31. The lowest BCUT2D eigenvalue weighted by atomic mass is 9.83. The molecule has 17 heavy (non-hydrogen) atoms. The Bertz CT molecular complexity index is 446. The van der Waals surface area contributed by atoms with Gasteiger partial charge in [-0.3, -0.25) is 0 Å². The van der Waals surface area contributed by atoms with E-state index in [1.807, 2.05) is 0 Å². The summed E-state index contributed by atoms with van der Waals surface area (Å²) >= 11 is 0. The average molecular weight is 237 g/mol. The third-order valence-electron chi connectivity index (χ3n) is 4.22.